The molecular formula is C20H19F3N2O3. The van der Waals surface area contributed by atoms with Crippen molar-refractivity contribution in [2.45, 2.75) is 6.18 Å². The van der Waals surface area contributed by atoms with Crippen LogP contribution in [0, 0.1) is 0 Å². The predicted octanol–water partition coefficient (Wildman–Crippen LogP) is 3.45. The van der Waals surface area contributed by atoms with Crippen molar-refractivity contribution < 1.29 is 27.5 Å². The Hall–Kier alpha value is -3.03. The number of benzene rings is 2. The van der Waals surface area contributed by atoms with Crippen molar-refractivity contribution in [3.05, 3.63) is 65.2 Å². The van der Waals surface area contributed by atoms with Crippen LogP contribution in [0.2, 0.25) is 0 Å². The Balaban J connectivity index is 1.64. The van der Waals surface area contributed by atoms with E-state index in [0.29, 0.717) is 43.0 Å². The fraction of sp³-hybridized carbons (Fsp3) is 0.300. The van der Waals surface area contributed by atoms with Gasteiger partial charge in [-0.25, -0.2) is 4.79 Å². The molecule has 28 heavy (non-hydrogen) atoms. The first-order valence-electron chi connectivity index (χ1n) is 8.69. The second-order valence-corrected chi connectivity index (χ2v) is 6.40. The van der Waals surface area contributed by atoms with E-state index >= 15 is 0 Å². The highest BCUT2D eigenvalue weighted by atomic mass is 19.4. The molecule has 1 aliphatic rings. The van der Waals surface area contributed by atoms with Crippen LogP contribution in [0.5, 0.6) is 0 Å². The van der Waals surface area contributed by atoms with Gasteiger partial charge in [0, 0.05) is 37.4 Å². The Labute approximate surface area is 160 Å². The number of alkyl halides is 3. The van der Waals surface area contributed by atoms with E-state index in [1.165, 1.54) is 25.3 Å². The summed E-state index contributed by atoms with van der Waals surface area (Å²) in [5.41, 5.74) is 0.604. The van der Waals surface area contributed by atoms with E-state index < -0.39 is 17.7 Å². The second-order valence-electron chi connectivity index (χ2n) is 6.40. The number of esters is 1. The molecule has 1 aliphatic heterocycles. The minimum atomic E-state index is -4.38. The number of carbonyl (C=O) groups excluding carboxylic acids is 2. The summed E-state index contributed by atoms with van der Waals surface area (Å²) in [7, 11) is 1.28. The first kappa shape index (κ1) is 19.7. The molecule has 2 aromatic carbocycles. The van der Waals surface area contributed by atoms with Crippen LogP contribution < -0.4 is 4.90 Å². The van der Waals surface area contributed by atoms with Crippen LogP contribution in [0.15, 0.2) is 48.5 Å². The van der Waals surface area contributed by atoms with Crippen LogP contribution in [-0.2, 0) is 10.9 Å². The Kier molecular flexibility index (Phi) is 5.58. The van der Waals surface area contributed by atoms with Gasteiger partial charge in [-0.1, -0.05) is 6.07 Å². The fourth-order valence-electron chi connectivity index (χ4n) is 3.10. The predicted molar refractivity (Wildman–Crippen MR) is 97.3 cm³/mol. The number of rotatable bonds is 3. The van der Waals surface area contributed by atoms with Crippen molar-refractivity contribution >= 4 is 17.6 Å². The number of hydrogen-bond donors (Lipinski definition) is 0. The lowest BCUT2D eigenvalue weighted by molar-refractivity contribution is -0.137. The Bertz CT molecular complexity index is 858. The molecule has 1 fully saturated rings. The summed E-state index contributed by atoms with van der Waals surface area (Å²) in [4.78, 5) is 27.6. The molecule has 0 unspecified atom stereocenters. The van der Waals surface area contributed by atoms with E-state index in [1.54, 1.807) is 23.1 Å². The van der Waals surface area contributed by atoms with Gasteiger partial charge in [0.15, 0.2) is 0 Å². The van der Waals surface area contributed by atoms with Gasteiger partial charge in [0.25, 0.3) is 5.91 Å². The van der Waals surface area contributed by atoms with E-state index in [2.05, 4.69) is 4.74 Å². The normalized spacial score (nSPS) is 14.7. The molecule has 1 heterocycles. The zero-order chi connectivity index (χ0) is 20.3. The Morgan fingerprint density at radius 2 is 1.54 bits per heavy atom. The summed E-state index contributed by atoms with van der Waals surface area (Å²) in [6, 6.07) is 11.4. The molecule has 0 radical (unpaired) electrons. The van der Waals surface area contributed by atoms with Gasteiger partial charge in [0.1, 0.15) is 0 Å². The maximum absolute atomic E-state index is 12.9. The van der Waals surface area contributed by atoms with Crippen LogP contribution in [-0.4, -0.2) is 50.1 Å². The summed E-state index contributed by atoms with van der Waals surface area (Å²) >= 11 is 0. The van der Waals surface area contributed by atoms with Crippen molar-refractivity contribution in [1.29, 1.82) is 0 Å². The highest BCUT2D eigenvalue weighted by molar-refractivity contribution is 5.96. The van der Waals surface area contributed by atoms with E-state index in [9.17, 15) is 22.8 Å². The summed E-state index contributed by atoms with van der Waals surface area (Å²) in [6.45, 7) is 1.67. The van der Waals surface area contributed by atoms with Gasteiger partial charge in [-0.05, 0) is 42.5 Å². The quantitative estimate of drug-likeness (QED) is 0.751. The van der Waals surface area contributed by atoms with Crippen LogP contribution in [0.4, 0.5) is 18.9 Å². The number of carbonyl (C=O) groups is 2. The summed E-state index contributed by atoms with van der Waals surface area (Å²) in [6.07, 6.45) is -4.38. The van der Waals surface area contributed by atoms with E-state index in [4.69, 9.17) is 0 Å². The number of methoxy groups -OCH3 is 1. The van der Waals surface area contributed by atoms with Crippen molar-refractivity contribution in [2.24, 2.45) is 0 Å². The molecule has 3 rings (SSSR count). The van der Waals surface area contributed by atoms with Gasteiger partial charge in [-0.2, -0.15) is 13.2 Å². The largest absolute Gasteiger partial charge is 0.465 e. The monoisotopic (exact) mass is 392 g/mol. The van der Waals surface area contributed by atoms with Crippen molar-refractivity contribution in [3.63, 3.8) is 0 Å². The first-order chi connectivity index (χ1) is 13.3. The number of anilines is 1. The molecule has 0 spiro atoms. The molecule has 5 nitrogen and oxygen atoms in total. The lowest BCUT2D eigenvalue weighted by atomic mass is 10.1. The number of piperazine rings is 1. The topological polar surface area (TPSA) is 49.9 Å². The average molecular weight is 392 g/mol. The van der Waals surface area contributed by atoms with Crippen molar-refractivity contribution in [3.8, 4) is 0 Å². The van der Waals surface area contributed by atoms with Crippen LogP contribution >= 0.6 is 0 Å². The van der Waals surface area contributed by atoms with Crippen LogP contribution in [0.3, 0.4) is 0 Å². The number of halogens is 3. The standard InChI is InChI=1S/C20H19F3N2O3/c1-28-19(27)15-7-5-14(6-8-15)18(26)25-11-9-24(10-12-25)17-4-2-3-16(13-17)20(21,22)23/h2-8,13H,9-12H2,1H3. The van der Waals surface area contributed by atoms with Gasteiger partial charge in [0.2, 0.25) is 0 Å². The third-order valence-electron chi connectivity index (χ3n) is 4.66. The Morgan fingerprint density at radius 1 is 0.929 bits per heavy atom. The van der Waals surface area contributed by atoms with Crippen LogP contribution in [0.25, 0.3) is 0 Å². The summed E-state index contributed by atoms with van der Waals surface area (Å²) in [5, 5.41) is 0. The van der Waals surface area contributed by atoms with Gasteiger partial charge in [-0.15, -0.1) is 0 Å². The highest BCUT2D eigenvalue weighted by Crippen LogP contribution is 2.31. The van der Waals surface area contributed by atoms with Crippen LogP contribution in [0.1, 0.15) is 26.3 Å². The van der Waals surface area contributed by atoms with Gasteiger partial charge in [-0.3, -0.25) is 4.79 Å². The third-order valence-corrected chi connectivity index (χ3v) is 4.66. The molecule has 0 saturated carbocycles. The maximum Gasteiger partial charge on any atom is 0.416 e. The fourth-order valence-corrected chi connectivity index (χ4v) is 3.10. The lowest BCUT2D eigenvalue weighted by Crippen LogP contribution is -2.48. The first-order valence-corrected chi connectivity index (χ1v) is 8.69. The SMILES string of the molecule is COC(=O)c1ccc(C(=O)N2CCN(c3cccc(C(F)(F)F)c3)CC2)cc1. The minimum absolute atomic E-state index is 0.180. The molecule has 0 aromatic heterocycles. The smallest absolute Gasteiger partial charge is 0.416 e. The van der Waals surface area contributed by atoms with E-state index in [1.807, 2.05) is 4.90 Å². The zero-order valence-electron chi connectivity index (χ0n) is 15.2. The van der Waals surface area contributed by atoms with Gasteiger partial charge >= 0.3 is 12.1 Å². The molecule has 2 aromatic rings. The number of nitrogens with zero attached hydrogens (tertiary/aromatic N) is 2. The molecule has 1 amide bonds. The van der Waals surface area contributed by atoms with Crippen molar-refractivity contribution in [1.82, 2.24) is 4.90 Å². The summed E-state index contributed by atoms with van der Waals surface area (Å²) in [5.74, 6) is -0.659. The second kappa shape index (κ2) is 7.92. The molecule has 0 N–H and O–H groups in total. The highest BCUT2D eigenvalue weighted by Gasteiger charge is 2.31. The zero-order valence-corrected chi connectivity index (χ0v) is 15.2. The Morgan fingerprint density at radius 3 is 2.11 bits per heavy atom. The van der Waals surface area contributed by atoms with Gasteiger partial charge in [0.05, 0.1) is 18.2 Å². The number of ether oxygens (including phenoxy) is 1. The van der Waals surface area contributed by atoms with E-state index in [-0.39, 0.29) is 5.91 Å². The molecule has 1 saturated heterocycles. The molecule has 0 aliphatic carbocycles. The minimum Gasteiger partial charge on any atom is -0.465 e. The number of amides is 1. The van der Waals surface area contributed by atoms with Crippen molar-refractivity contribution in [2.75, 3.05) is 38.2 Å². The molecule has 0 bridgehead atoms. The molecule has 8 heteroatoms. The maximum atomic E-state index is 12.9. The van der Waals surface area contributed by atoms with Gasteiger partial charge < -0.3 is 14.5 Å². The number of hydrogen-bond acceptors (Lipinski definition) is 4. The molecule has 0 atom stereocenters. The molecular weight excluding hydrogens is 373 g/mol. The summed E-state index contributed by atoms with van der Waals surface area (Å²) < 4.78 is 43.3. The average Bonchev–Trinajstić information content (AvgIpc) is 2.72. The third kappa shape index (κ3) is 4.27. The molecule has 148 valence electrons. The lowest BCUT2D eigenvalue weighted by Gasteiger charge is -2.36. The van der Waals surface area contributed by atoms with E-state index in [0.717, 1.165) is 12.1 Å².